The molecule has 1 saturated carbocycles. The molecule has 2 unspecified atom stereocenters. The molecular weight excluding hydrogens is 318 g/mol. The van der Waals surface area contributed by atoms with E-state index in [4.69, 9.17) is 5.11 Å². The fraction of sp³-hybridized carbons (Fsp3) is 0.583. The van der Waals surface area contributed by atoms with Crippen molar-refractivity contribution in [3.05, 3.63) is 15.8 Å². The van der Waals surface area contributed by atoms with Crippen molar-refractivity contribution in [1.29, 1.82) is 0 Å². The van der Waals surface area contributed by atoms with Gasteiger partial charge in [-0.25, -0.2) is 17.9 Å². The molecule has 1 aromatic heterocycles. The SMILES string of the molecule is CSC1CCC(NS(=O)(=O)c2c(C)csc2C(=O)O)C1. The van der Waals surface area contributed by atoms with Crippen molar-refractivity contribution < 1.29 is 18.3 Å². The van der Waals surface area contributed by atoms with Gasteiger partial charge in [0.25, 0.3) is 0 Å². The first kappa shape index (κ1) is 15.8. The predicted molar refractivity (Wildman–Crippen MR) is 81.3 cm³/mol. The number of thioether (sulfide) groups is 1. The van der Waals surface area contributed by atoms with Crippen LogP contribution in [-0.4, -0.2) is 37.0 Å². The number of thiophene rings is 1. The highest BCUT2D eigenvalue weighted by Crippen LogP contribution is 2.31. The molecule has 0 aliphatic heterocycles. The zero-order chi connectivity index (χ0) is 14.9. The van der Waals surface area contributed by atoms with Gasteiger partial charge in [0.1, 0.15) is 9.77 Å². The maximum absolute atomic E-state index is 12.4. The van der Waals surface area contributed by atoms with Crippen LogP contribution in [0.25, 0.3) is 0 Å². The third-order valence-corrected chi connectivity index (χ3v) is 7.44. The van der Waals surface area contributed by atoms with Crippen molar-refractivity contribution in [1.82, 2.24) is 4.72 Å². The molecule has 20 heavy (non-hydrogen) atoms. The van der Waals surface area contributed by atoms with Gasteiger partial charge in [-0.15, -0.1) is 11.3 Å². The lowest BCUT2D eigenvalue weighted by Gasteiger charge is -2.13. The summed E-state index contributed by atoms with van der Waals surface area (Å²) in [4.78, 5) is 10.9. The highest BCUT2D eigenvalue weighted by Gasteiger charge is 2.32. The number of carbonyl (C=O) groups is 1. The van der Waals surface area contributed by atoms with Gasteiger partial charge in [0.05, 0.1) is 0 Å². The van der Waals surface area contributed by atoms with Crippen LogP contribution in [0.5, 0.6) is 0 Å². The number of hydrogen-bond donors (Lipinski definition) is 2. The minimum Gasteiger partial charge on any atom is -0.477 e. The van der Waals surface area contributed by atoms with Crippen LogP contribution in [0, 0.1) is 6.92 Å². The molecule has 2 rings (SSSR count). The van der Waals surface area contributed by atoms with Crippen molar-refractivity contribution in [3.8, 4) is 0 Å². The van der Waals surface area contributed by atoms with Crippen LogP contribution in [0.15, 0.2) is 10.3 Å². The van der Waals surface area contributed by atoms with E-state index in [0.29, 0.717) is 10.8 Å². The summed E-state index contributed by atoms with van der Waals surface area (Å²) in [6.07, 6.45) is 4.61. The average molecular weight is 335 g/mol. The maximum atomic E-state index is 12.4. The number of carboxylic acid groups (broad SMARTS) is 1. The van der Waals surface area contributed by atoms with E-state index in [1.807, 2.05) is 6.26 Å². The first-order valence-electron chi connectivity index (χ1n) is 6.21. The second kappa shape index (κ2) is 6.05. The molecule has 0 spiro atoms. The number of aromatic carboxylic acids is 1. The molecule has 112 valence electrons. The van der Waals surface area contributed by atoms with Gasteiger partial charge in [0.2, 0.25) is 10.0 Å². The summed E-state index contributed by atoms with van der Waals surface area (Å²) in [5, 5.41) is 11.1. The van der Waals surface area contributed by atoms with Gasteiger partial charge in [-0.2, -0.15) is 11.8 Å². The Morgan fingerprint density at radius 3 is 2.75 bits per heavy atom. The number of aryl methyl sites for hydroxylation is 1. The molecule has 1 aromatic rings. The molecule has 0 radical (unpaired) electrons. The Kier molecular flexibility index (Phi) is 4.78. The second-order valence-corrected chi connectivity index (χ2v) is 8.54. The van der Waals surface area contributed by atoms with Crippen LogP contribution in [0.2, 0.25) is 0 Å². The minimum absolute atomic E-state index is 0.0809. The lowest BCUT2D eigenvalue weighted by atomic mass is 10.3. The van der Waals surface area contributed by atoms with E-state index in [1.54, 1.807) is 24.1 Å². The summed E-state index contributed by atoms with van der Waals surface area (Å²) in [6.45, 7) is 1.62. The fourth-order valence-electron chi connectivity index (χ4n) is 2.45. The normalized spacial score (nSPS) is 23.1. The number of hydrogen-bond acceptors (Lipinski definition) is 5. The first-order chi connectivity index (χ1) is 9.35. The Hall–Kier alpha value is -0.570. The van der Waals surface area contributed by atoms with Gasteiger partial charge in [-0.3, -0.25) is 0 Å². The van der Waals surface area contributed by atoms with Crippen molar-refractivity contribution >= 4 is 39.1 Å². The summed E-state index contributed by atoms with van der Waals surface area (Å²) in [5.74, 6) is -1.20. The van der Waals surface area contributed by atoms with Crippen LogP contribution in [-0.2, 0) is 10.0 Å². The van der Waals surface area contributed by atoms with E-state index < -0.39 is 16.0 Å². The van der Waals surface area contributed by atoms with Crippen LogP contribution in [0.1, 0.15) is 34.5 Å². The molecule has 1 heterocycles. The van der Waals surface area contributed by atoms with E-state index in [-0.39, 0.29) is 15.8 Å². The van der Waals surface area contributed by atoms with E-state index in [2.05, 4.69) is 4.72 Å². The molecule has 5 nitrogen and oxygen atoms in total. The van der Waals surface area contributed by atoms with Gasteiger partial charge in [-0.1, -0.05) is 0 Å². The monoisotopic (exact) mass is 335 g/mol. The Labute approximate surface area is 126 Å². The van der Waals surface area contributed by atoms with Gasteiger partial charge >= 0.3 is 5.97 Å². The van der Waals surface area contributed by atoms with E-state index in [0.717, 1.165) is 30.6 Å². The van der Waals surface area contributed by atoms with E-state index in [1.165, 1.54) is 0 Å². The highest BCUT2D eigenvalue weighted by atomic mass is 32.2. The highest BCUT2D eigenvalue weighted by molar-refractivity contribution is 7.99. The largest absolute Gasteiger partial charge is 0.477 e. The summed E-state index contributed by atoms with van der Waals surface area (Å²) < 4.78 is 27.5. The third-order valence-electron chi connectivity index (χ3n) is 3.42. The Balaban J connectivity index is 2.23. The number of rotatable bonds is 5. The van der Waals surface area contributed by atoms with Crippen LogP contribution < -0.4 is 4.72 Å². The second-order valence-electron chi connectivity index (χ2n) is 4.87. The van der Waals surface area contributed by atoms with Gasteiger partial charge in [-0.05, 0) is 43.4 Å². The summed E-state index contributed by atoms with van der Waals surface area (Å²) in [6, 6.07) is -0.0987. The molecule has 0 amide bonds. The molecule has 0 aromatic carbocycles. The van der Waals surface area contributed by atoms with Crippen LogP contribution >= 0.6 is 23.1 Å². The summed E-state index contributed by atoms with van der Waals surface area (Å²) in [7, 11) is -3.77. The smallest absolute Gasteiger partial charge is 0.347 e. The summed E-state index contributed by atoms with van der Waals surface area (Å²) in [5.41, 5.74) is 0.485. The zero-order valence-electron chi connectivity index (χ0n) is 11.3. The van der Waals surface area contributed by atoms with Crippen LogP contribution in [0.3, 0.4) is 0 Å². The van der Waals surface area contributed by atoms with Crippen molar-refractivity contribution in [2.75, 3.05) is 6.26 Å². The number of carboxylic acids is 1. The Morgan fingerprint density at radius 1 is 1.50 bits per heavy atom. The fourth-order valence-corrected chi connectivity index (χ4v) is 6.17. The van der Waals surface area contributed by atoms with Gasteiger partial charge in [0, 0.05) is 11.3 Å². The lowest BCUT2D eigenvalue weighted by Crippen LogP contribution is -2.34. The molecule has 2 N–H and O–H groups in total. The molecular formula is C12H17NO4S3. The Morgan fingerprint density at radius 2 is 2.20 bits per heavy atom. The molecule has 0 bridgehead atoms. The molecule has 1 aliphatic rings. The standard InChI is InChI=1S/C12H17NO4S3/c1-7-6-19-10(12(14)15)11(7)20(16,17)13-8-3-4-9(5-8)18-2/h6,8-9,13H,3-5H2,1-2H3,(H,14,15). The Bertz CT molecular complexity index is 608. The lowest BCUT2D eigenvalue weighted by molar-refractivity contribution is 0.0698. The molecule has 1 fully saturated rings. The number of sulfonamides is 1. The minimum atomic E-state index is -3.77. The third kappa shape index (κ3) is 3.19. The average Bonchev–Trinajstić information content (AvgIpc) is 2.95. The van der Waals surface area contributed by atoms with E-state index >= 15 is 0 Å². The first-order valence-corrected chi connectivity index (χ1v) is 9.86. The van der Waals surface area contributed by atoms with Crippen molar-refractivity contribution in [3.63, 3.8) is 0 Å². The molecule has 1 aliphatic carbocycles. The van der Waals surface area contributed by atoms with Crippen molar-refractivity contribution in [2.45, 2.75) is 42.4 Å². The molecule has 8 heteroatoms. The summed E-state index contributed by atoms with van der Waals surface area (Å²) >= 11 is 2.70. The van der Waals surface area contributed by atoms with E-state index in [9.17, 15) is 13.2 Å². The quantitative estimate of drug-likeness (QED) is 0.863. The van der Waals surface area contributed by atoms with Gasteiger partial charge < -0.3 is 5.11 Å². The van der Waals surface area contributed by atoms with Crippen molar-refractivity contribution in [2.24, 2.45) is 0 Å². The topological polar surface area (TPSA) is 83.5 Å². The molecule has 2 atom stereocenters. The predicted octanol–water partition coefficient (Wildman–Crippen LogP) is 2.32. The maximum Gasteiger partial charge on any atom is 0.347 e. The van der Waals surface area contributed by atoms with Gasteiger partial charge in [0.15, 0.2) is 0 Å². The number of nitrogens with one attached hydrogen (secondary N) is 1. The zero-order valence-corrected chi connectivity index (χ0v) is 13.7. The van der Waals surface area contributed by atoms with Crippen LogP contribution in [0.4, 0.5) is 0 Å². The molecule has 0 saturated heterocycles.